The number of methoxy groups -OCH3 is 1. The summed E-state index contributed by atoms with van der Waals surface area (Å²) < 4.78 is 34.4. The number of hydrogen-bond acceptors (Lipinski definition) is 4. The van der Waals surface area contributed by atoms with Gasteiger partial charge in [-0.25, -0.2) is 8.42 Å². The molecule has 2 aromatic rings. The van der Waals surface area contributed by atoms with Crippen molar-refractivity contribution in [3.63, 3.8) is 0 Å². The molecule has 0 bridgehead atoms. The quantitative estimate of drug-likeness (QED) is 0.640. The number of carbonyl (C=O) groups is 1. The zero-order valence-electron chi connectivity index (χ0n) is 17.4. The molecule has 0 aromatic heterocycles. The van der Waals surface area contributed by atoms with Crippen LogP contribution in [-0.2, 0) is 10.0 Å². The van der Waals surface area contributed by atoms with Crippen molar-refractivity contribution in [1.29, 1.82) is 0 Å². The highest BCUT2D eigenvalue weighted by Crippen LogP contribution is 2.32. The average Bonchev–Trinajstić information content (AvgIpc) is 2.73. The van der Waals surface area contributed by atoms with Crippen molar-refractivity contribution in [3.8, 4) is 5.75 Å². The van der Waals surface area contributed by atoms with Crippen LogP contribution >= 0.6 is 15.9 Å². The number of carbonyl (C=O) groups excluding carboxylic acids is 1. The van der Waals surface area contributed by atoms with Gasteiger partial charge in [-0.1, -0.05) is 40.5 Å². The fraction of sp³-hybridized carbons (Fsp3) is 0.409. The first-order chi connectivity index (χ1) is 14.3. The number of nitrogens with one attached hydrogen (secondary N) is 1. The molecule has 1 fully saturated rings. The number of piperidine rings is 1. The van der Waals surface area contributed by atoms with Crippen LogP contribution in [0.3, 0.4) is 0 Å². The highest BCUT2D eigenvalue weighted by molar-refractivity contribution is 9.10. The van der Waals surface area contributed by atoms with E-state index in [1.165, 1.54) is 17.5 Å². The molecule has 1 N–H and O–H groups in total. The van der Waals surface area contributed by atoms with Gasteiger partial charge in [-0.3, -0.25) is 4.79 Å². The Balaban J connectivity index is 1.90. The maximum absolute atomic E-state index is 13.3. The van der Waals surface area contributed by atoms with E-state index >= 15 is 0 Å². The molecular formula is C22H27BrN2O4S. The van der Waals surface area contributed by atoms with E-state index in [-0.39, 0.29) is 34.2 Å². The molecule has 3 rings (SSSR count). The minimum absolute atomic E-state index is 0.0277. The van der Waals surface area contributed by atoms with Crippen LogP contribution in [0.25, 0.3) is 0 Å². The monoisotopic (exact) mass is 494 g/mol. The molecule has 1 aliphatic heterocycles. The Labute approximate surface area is 186 Å². The van der Waals surface area contributed by atoms with Crippen molar-refractivity contribution in [2.45, 2.75) is 50.1 Å². The van der Waals surface area contributed by atoms with E-state index in [1.54, 1.807) is 12.1 Å². The molecule has 0 unspecified atom stereocenters. The zero-order chi connectivity index (χ0) is 21.9. The molecule has 6 nitrogen and oxygen atoms in total. The maximum Gasteiger partial charge on any atom is 0.251 e. The second kappa shape index (κ2) is 9.49. The molecule has 1 heterocycles. The first-order valence-corrected chi connectivity index (χ1v) is 12.2. The number of amides is 1. The van der Waals surface area contributed by atoms with Crippen molar-refractivity contribution in [2.24, 2.45) is 0 Å². The van der Waals surface area contributed by atoms with Gasteiger partial charge in [-0.15, -0.1) is 0 Å². The van der Waals surface area contributed by atoms with E-state index in [0.29, 0.717) is 6.54 Å². The lowest BCUT2D eigenvalue weighted by molar-refractivity contribution is 0.0939. The van der Waals surface area contributed by atoms with E-state index in [0.717, 1.165) is 29.3 Å². The Morgan fingerprint density at radius 2 is 1.97 bits per heavy atom. The molecule has 1 amide bonds. The standard InChI is InChI=1S/C22H27BrN2O4S/c1-15-8-6-7-13-25(15)30(27,28)21-14-17(11-12-20(21)29-3)22(26)24-16(2)18-9-4-5-10-19(18)23/h4-5,9-12,14-16H,6-8,13H2,1-3H3,(H,24,26)/t15-,16+/m1/s1. The Bertz CT molecular complexity index is 1030. The summed E-state index contributed by atoms with van der Waals surface area (Å²) in [7, 11) is -2.34. The number of ether oxygens (including phenoxy) is 1. The minimum atomic E-state index is -3.78. The number of nitrogens with zero attached hydrogens (tertiary/aromatic N) is 1. The van der Waals surface area contributed by atoms with Crippen molar-refractivity contribution >= 4 is 31.9 Å². The summed E-state index contributed by atoms with van der Waals surface area (Å²) >= 11 is 3.50. The number of halogens is 1. The Morgan fingerprint density at radius 3 is 2.63 bits per heavy atom. The van der Waals surface area contributed by atoms with Crippen molar-refractivity contribution in [3.05, 3.63) is 58.1 Å². The third-order valence-corrected chi connectivity index (χ3v) is 8.23. The van der Waals surface area contributed by atoms with E-state index in [2.05, 4.69) is 21.2 Å². The average molecular weight is 495 g/mol. The second-order valence-corrected chi connectivity index (χ2v) is 10.3. The summed E-state index contributed by atoms with van der Waals surface area (Å²) in [6.07, 6.45) is 2.67. The third-order valence-electron chi connectivity index (χ3n) is 5.47. The molecule has 0 spiro atoms. The molecule has 0 radical (unpaired) electrons. The van der Waals surface area contributed by atoms with Gasteiger partial charge >= 0.3 is 0 Å². The van der Waals surface area contributed by atoms with Crippen LogP contribution < -0.4 is 10.1 Å². The van der Waals surface area contributed by atoms with Gasteiger partial charge in [-0.2, -0.15) is 4.31 Å². The molecule has 0 saturated carbocycles. The summed E-state index contributed by atoms with van der Waals surface area (Å²) in [6.45, 7) is 4.27. The molecule has 30 heavy (non-hydrogen) atoms. The first kappa shape index (κ1) is 22.8. The SMILES string of the molecule is COc1ccc(C(=O)N[C@@H](C)c2ccccc2Br)cc1S(=O)(=O)N1CCCC[C@H]1C. The summed E-state index contributed by atoms with van der Waals surface area (Å²) in [5.74, 6) is -0.104. The van der Waals surface area contributed by atoms with Gasteiger partial charge in [0.25, 0.3) is 5.91 Å². The molecular weight excluding hydrogens is 468 g/mol. The lowest BCUT2D eigenvalue weighted by atomic mass is 10.1. The fourth-order valence-corrected chi connectivity index (χ4v) is 6.27. The Morgan fingerprint density at radius 1 is 1.23 bits per heavy atom. The first-order valence-electron chi connectivity index (χ1n) is 10.0. The van der Waals surface area contributed by atoms with Gasteiger partial charge in [0.15, 0.2) is 0 Å². The van der Waals surface area contributed by atoms with Gasteiger partial charge in [0.1, 0.15) is 10.6 Å². The minimum Gasteiger partial charge on any atom is -0.495 e. The summed E-state index contributed by atoms with van der Waals surface area (Å²) in [4.78, 5) is 12.9. The molecule has 2 atom stereocenters. The number of benzene rings is 2. The molecule has 8 heteroatoms. The van der Waals surface area contributed by atoms with Crippen molar-refractivity contribution < 1.29 is 17.9 Å². The van der Waals surface area contributed by atoms with Crippen molar-refractivity contribution in [2.75, 3.05) is 13.7 Å². The highest BCUT2D eigenvalue weighted by atomic mass is 79.9. The zero-order valence-corrected chi connectivity index (χ0v) is 19.8. The molecule has 0 aliphatic carbocycles. The van der Waals surface area contributed by atoms with Crippen LogP contribution in [0.4, 0.5) is 0 Å². The normalized spacial score (nSPS) is 18.6. The summed E-state index contributed by atoms with van der Waals surface area (Å²) in [5.41, 5.74) is 1.22. The molecule has 162 valence electrons. The predicted octanol–water partition coefficient (Wildman–Crippen LogP) is 4.51. The van der Waals surface area contributed by atoms with Gasteiger partial charge < -0.3 is 10.1 Å². The van der Waals surface area contributed by atoms with Crippen molar-refractivity contribution in [1.82, 2.24) is 9.62 Å². The number of sulfonamides is 1. The Kier molecular flexibility index (Phi) is 7.21. The van der Waals surface area contributed by atoms with Gasteiger partial charge in [0.05, 0.1) is 13.2 Å². The highest BCUT2D eigenvalue weighted by Gasteiger charge is 2.33. The summed E-state index contributed by atoms with van der Waals surface area (Å²) in [6, 6.07) is 11.9. The number of rotatable bonds is 6. The van der Waals surface area contributed by atoms with E-state index < -0.39 is 10.0 Å². The van der Waals surface area contributed by atoms with Crippen LogP contribution in [0.1, 0.15) is 55.1 Å². The van der Waals surface area contributed by atoms with Crippen LogP contribution in [0.5, 0.6) is 5.75 Å². The molecule has 1 saturated heterocycles. The van der Waals surface area contributed by atoms with E-state index in [9.17, 15) is 13.2 Å². The molecule has 1 aliphatic rings. The fourth-order valence-electron chi connectivity index (χ4n) is 3.76. The van der Waals surface area contributed by atoms with Gasteiger partial charge in [0.2, 0.25) is 10.0 Å². The second-order valence-electron chi connectivity index (χ2n) is 7.54. The topological polar surface area (TPSA) is 75.7 Å². The predicted molar refractivity (Wildman–Crippen MR) is 120 cm³/mol. The van der Waals surface area contributed by atoms with Crippen LogP contribution in [-0.4, -0.2) is 38.3 Å². The van der Waals surface area contributed by atoms with Crippen LogP contribution in [0, 0.1) is 0 Å². The van der Waals surface area contributed by atoms with E-state index in [1.807, 2.05) is 38.1 Å². The maximum atomic E-state index is 13.3. The number of hydrogen-bond donors (Lipinski definition) is 1. The summed E-state index contributed by atoms with van der Waals surface area (Å²) in [5, 5.41) is 2.94. The smallest absolute Gasteiger partial charge is 0.251 e. The molecule has 2 aromatic carbocycles. The van der Waals surface area contributed by atoms with Crippen LogP contribution in [0.2, 0.25) is 0 Å². The lowest BCUT2D eigenvalue weighted by Crippen LogP contribution is -2.42. The van der Waals surface area contributed by atoms with Gasteiger partial charge in [-0.05, 0) is 56.5 Å². The Hall–Kier alpha value is -1.90. The van der Waals surface area contributed by atoms with Gasteiger partial charge in [0, 0.05) is 22.6 Å². The largest absolute Gasteiger partial charge is 0.495 e. The van der Waals surface area contributed by atoms with Crippen LogP contribution in [0.15, 0.2) is 51.8 Å². The third kappa shape index (κ3) is 4.71. The van der Waals surface area contributed by atoms with E-state index in [4.69, 9.17) is 4.74 Å². The lowest BCUT2D eigenvalue weighted by Gasteiger charge is -2.32.